The number of hydrogen-bond acceptors (Lipinski definition) is 3. The summed E-state index contributed by atoms with van der Waals surface area (Å²) >= 11 is 0. The van der Waals surface area contributed by atoms with E-state index in [9.17, 15) is 9.59 Å². The van der Waals surface area contributed by atoms with Gasteiger partial charge >= 0.3 is 12.1 Å². The molecule has 0 radical (unpaired) electrons. The molecular formula is C7H13NO3. The van der Waals surface area contributed by atoms with E-state index in [1.165, 1.54) is 7.05 Å². The van der Waals surface area contributed by atoms with Crippen LogP contribution in [0.4, 0.5) is 4.79 Å². The zero-order valence-electron chi connectivity index (χ0n) is 6.85. The van der Waals surface area contributed by atoms with Gasteiger partial charge in [0.2, 0.25) is 0 Å². The van der Waals surface area contributed by atoms with Crippen molar-refractivity contribution in [3.63, 3.8) is 0 Å². The Morgan fingerprint density at radius 3 is 2.55 bits per heavy atom. The molecule has 0 aromatic rings. The Morgan fingerprint density at radius 1 is 1.45 bits per heavy atom. The zero-order valence-corrected chi connectivity index (χ0v) is 6.85. The fourth-order valence-electron chi connectivity index (χ4n) is 0.527. The molecule has 0 rings (SSSR count). The predicted octanol–water partition coefficient (Wildman–Crippen LogP) is 1.06. The quantitative estimate of drug-likeness (QED) is 0.494. The number of nitrogens with one attached hydrogen (secondary N) is 1. The second kappa shape index (κ2) is 5.70. The van der Waals surface area contributed by atoms with Gasteiger partial charge in [0.05, 0.1) is 0 Å². The fourth-order valence-corrected chi connectivity index (χ4v) is 0.527. The number of rotatable bonds is 3. The fraction of sp³-hybridized carbons (Fsp3) is 0.714. The molecule has 0 saturated heterocycles. The van der Waals surface area contributed by atoms with Gasteiger partial charge in [-0.15, -0.1) is 0 Å². The molecule has 0 heterocycles. The molecule has 0 aliphatic heterocycles. The van der Waals surface area contributed by atoms with Gasteiger partial charge in [0.15, 0.2) is 0 Å². The number of carbonyl (C=O) groups excluding carboxylic acids is 2. The Morgan fingerprint density at radius 2 is 2.09 bits per heavy atom. The van der Waals surface area contributed by atoms with E-state index in [2.05, 4.69) is 10.1 Å². The average Bonchev–Trinajstić information content (AvgIpc) is 2.00. The summed E-state index contributed by atoms with van der Waals surface area (Å²) in [6, 6.07) is 0. The molecule has 0 unspecified atom stereocenters. The summed E-state index contributed by atoms with van der Waals surface area (Å²) in [6.45, 7) is 1.97. The van der Waals surface area contributed by atoms with E-state index in [1.807, 2.05) is 6.92 Å². The van der Waals surface area contributed by atoms with Crippen molar-refractivity contribution >= 4 is 12.1 Å². The minimum atomic E-state index is -0.689. The molecular weight excluding hydrogens is 146 g/mol. The summed E-state index contributed by atoms with van der Waals surface area (Å²) in [6.07, 6.45) is 1.30. The van der Waals surface area contributed by atoms with Gasteiger partial charge in [0.25, 0.3) is 0 Å². The summed E-state index contributed by atoms with van der Waals surface area (Å²) in [7, 11) is 1.41. The Bertz CT molecular complexity index is 145. The first-order valence-corrected chi connectivity index (χ1v) is 3.63. The van der Waals surface area contributed by atoms with Gasteiger partial charge in [-0.25, -0.2) is 4.79 Å². The number of carbonyl (C=O) groups is 2. The van der Waals surface area contributed by atoms with Gasteiger partial charge in [0, 0.05) is 13.5 Å². The molecule has 0 bridgehead atoms. The second-order valence-electron chi connectivity index (χ2n) is 2.12. The Kier molecular flexibility index (Phi) is 5.15. The number of hydrogen-bond donors (Lipinski definition) is 1. The van der Waals surface area contributed by atoms with Crippen LogP contribution in [0, 0.1) is 0 Å². The van der Waals surface area contributed by atoms with Crippen molar-refractivity contribution in [2.75, 3.05) is 7.05 Å². The number of alkyl carbamates (subject to hydrolysis) is 1. The van der Waals surface area contributed by atoms with Crippen LogP contribution in [0.25, 0.3) is 0 Å². The summed E-state index contributed by atoms with van der Waals surface area (Å²) < 4.78 is 4.31. The molecule has 0 aliphatic carbocycles. The highest BCUT2D eigenvalue weighted by Gasteiger charge is 2.06. The van der Waals surface area contributed by atoms with Crippen molar-refractivity contribution in [3.8, 4) is 0 Å². The van der Waals surface area contributed by atoms with Crippen LogP contribution >= 0.6 is 0 Å². The van der Waals surface area contributed by atoms with Crippen molar-refractivity contribution < 1.29 is 14.3 Å². The molecule has 64 valence electrons. The standard InChI is InChI=1S/C7H13NO3/c1-3-4-5-6(9)11-7(10)8-2/h3-5H2,1-2H3,(H,8,10). The minimum absolute atomic E-state index is 0.309. The SMILES string of the molecule is CCCCC(=O)OC(=O)NC. The summed E-state index contributed by atoms with van der Waals surface area (Å²) in [4.78, 5) is 21.1. The largest absolute Gasteiger partial charge is 0.414 e. The lowest BCUT2D eigenvalue weighted by Gasteiger charge is -1.99. The van der Waals surface area contributed by atoms with E-state index in [1.54, 1.807) is 0 Å². The molecule has 1 N–H and O–H groups in total. The lowest BCUT2D eigenvalue weighted by Crippen LogP contribution is -2.22. The van der Waals surface area contributed by atoms with Crippen molar-refractivity contribution in [1.29, 1.82) is 0 Å². The lowest BCUT2D eigenvalue weighted by molar-refractivity contribution is -0.137. The molecule has 4 heteroatoms. The molecule has 0 fully saturated rings. The van der Waals surface area contributed by atoms with E-state index in [0.29, 0.717) is 6.42 Å². The smallest absolute Gasteiger partial charge is 0.376 e. The van der Waals surface area contributed by atoms with Gasteiger partial charge in [-0.3, -0.25) is 4.79 Å². The Balaban J connectivity index is 3.44. The number of amides is 1. The van der Waals surface area contributed by atoms with Crippen LogP contribution in [0.2, 0.25) is 0 Å². The summed E-state index contributed by atoms with van der Waals surface area (Å²) in [5.41, 5.74) is 0. The molecule has 4 nitrogen and oxygen atoms in total. The first-order chi connectivity index (χ1) is 5.20. The van der Waals surface area contributed by atoms with E-state index >= 15 is 0 Å². The third kappa shape index (κ3) is 5.39. The first kappa shape index (κ1) is 9.94. The van der Waals surface area contributed by atoms with Crippen molar-refractivity contribution in [3.05, 3.63) is 0 Å². The highest BCUT2D eigenvalue weighted by Crippen LogP contribution is 1.95. The van der Waals surface area contributed by atoms with Gasteiger partial charge < -0.3 is 10.1 Å². The van der Waals surface area contributed by atoms with E-state index < -0.39 is 12.1 Å². The maximum atomic E-state index is 10.7. The molecule has 0 aromatic carbocycles. The predicted molar refractivity (Wildman–Crippen MR) is 40.1 cm³/mol. The number of ether oxygens (including phenoxy) is 1. The van der Waals surface area contributed by atoms with E-state index in [0.717, 1.165) is 12.8 Å². The molecule has 0 aromatic heterocycles. The number of unbranched alkanes of at least 4 members (excludes halogenated alkanes) is 1. The van der Waals surface area contributed by atoms with Gasteiger partial charge in [-0.05, 0) is 6.42 Å². The molecule has 0 saturated carbocycles. The first-order valence-electron chi connectivity index (χ1n) is 3.63. The van der Waals surface area contributed by atoms with Crippen molar-refractivity contribution in [2.24, 2.45) is 0 Å². The highest BCUT2D eigenvalue weighted by atomic mass is 16.6. The van der Waals surface area contributed by atoms with E-state index in [-0.39, 0.29) is 0 Å². The molecule has 1 amide bonds. The van der Waals surface area contributed by atoms with Crippen LogP contribution in [0.3, 0.4) is 0 Å². The highest BCUT2D eigenvalue weighted by molar-refractivity contribution is 5.84. The summed E-state index contributed by atoms with van der Waals surface area (Å²) in [5.74, 6) is -0.466. The maximum absolute atomic E-state index is 10.7. The van der Waals surface area contributed by atoms with Crippen LogP contribution < -0.4 is 5.32 Å². The Labute approximate surface area is 65.9 Å². The van der Waals surface area contributed by atoms with E-state index in [4.69, 9.17) is 0 Å². The van der Waals surface area contributed by atoms with Crippen LogP contribution in [-0.2, 0) is 9.53 Å². The maximum Gasteiger partial charge on any atom is 0.414 e. The van der Waals surface area contributed by atoms with Gasteiger partial charge in [-0.1, -0.05) is 13.3 Å². The Hall–Kier alpha value is -1.06. The molecule has 0 aliphatic rings. The summed E-state index contributed by atoms with van der Waals surface area (Å²) in [5, 5.41) is 2.19. The molecule has 11 heavy (non-hydrogen) atoms. The topological polar surface area (TPSA) is 55.4 Å². The third-order valence-electron chi connectivity index (χ3n) is 1.15. The lowest BCUT2D eigenvalue weighted by atomic mass is 10.3. The second-order valence-corrected chi connectivity index (χ2v) is 2.12. The van der Waals surface area contributed by atoms with Gasteiger partial charge in [-0.2, -0.15) is 0 Å². The third-order valence-corrected chi connectivity index (χ3v) is 1.15. The monoisotopic (exact) mass is 159 g/mol. The number of esters is 1. The van der Waals surface area contributed by atoms with Crippen LogP contribution in [-0.4, -0.2) is 19.1 Å². The normalized spacial score (nSPS) is 8.91. The molecule has 0 spiro atoms. The zero-order chi connectivity index (χ0) is 8.69. The van der Waals surface area contributed by atoms with Crippen LogP contribution in [0.1, 0.15) is 26.2 Å². The van der Waals surface area contributed by atoms with Crippen molar-refractivity contribution in [2.45, 2.75) is 26.2 Å². The van der Waals surface area contributed by atoms with Crippen LogP contribution in [0.15, 0.2) is 0 Å². The van der Waals surface area contributed by atoms with Crippen molar-refractivity contribution in [1.82, 2.24) is 5.32 Å². The minimum Gasteiger partial charge on any atom is -0.376 e. The molecule has 0 atom stereocenters. The van der Waals surface area contributed by atoms with Crippen LogP contribution in [0.5, 0.6) is 0 Å². The van der Waals surface area contributed by atoms with Gasteiger partial charge in [0.1, 0.15) is 0 Å². The average molecular weight is 159 g/mol.